The Kier molecular flexibility index (Phi) is 2.55. The number of hydrogen-bond acceptors (Lipinski definition) is 2. The van der Waals surface area contributed by atoms with Gasteiger partial charge >= 0.3 is 7.79 Å². The molecule has 2 aliphatic rings. The summed E-state index contributed by atoms with van der Waals surface area (Å²) in [5, 5.41) is 0. The molecular formula is C10H18ClNOSi. The minimum absolute atomic E-state index is 0.0620. The van der Waals surface area contributed by atoms with Crippen molar-refractivity contribution in [1.29, 1.82) is 0 Å². The summed E-state index contributed by atoms with van der Waals surface area (Å²) in [6.07, 6.45) is 4.39. The van der Waals surface area contributed by atoms with Crippen molar-refractivity contribution in [2.45, 2.75) is 44.4 Å². The zero-order valence-electron chi connectivity index (χ0n) is 8.92. The summed E-state index contributed by atoms with van der Waals surface area (Å²) in [5.74, 6) is 0. The Morgan fingerprint density at radius 1 is 1.71 bits per heavy atom. The molecule has 0 spiro atoms. The van der Waals surface area contributed by atoms with Crippen molar-refractivity contribution in [1.82, 2.24) is 4.57 Å². The predicted octanol–water partition coefficient (Wildman–Crippen LogP) is 2.62. The molecule has 2 saturated heterocycles. The van der Waals surface area contributed by atoms with E-state index in [0.29, 0.717) is 6.04 Å². The fourth-order valence-corrected chi connectivity index (χ4v) is 7.42. The number of allylic oxidation sites excluding steroid dienone is 1. The summed E-state index contributed by atoms with van der Waals surface area (Å²) in [6, 6.07) is 1.36. The summed E-state index contributed by atoms with van der Waals surface area (Å²) in [4.78, 5) is 0. The molecule has 2 heterocycles. The number of rotatable bonds is 2. The van der Waals surface area contributed by atoms with Gasteiger partial charge in [0.2, 0.25) is 0 Å². The zero-order valence-corrected chi connectivity index (χ0v) is 10.7. The molecule has 4 heteroatoms. The molecule has 0 N–H and O–H groups in total. The average Bonchev–Trinajstić information content (AvgIpc) is 2.56. The van der Waals surface area contributed by atoms with Crippen LogP contribution in [0.25, 0.3) is 0 Å². The first-order valence-electron chi connectivity index (χ1n) is 5.26. The van der Waals surface area contributed by atoms with Crippen molar-refractivity contribution in [3.8, 4) is 0 Å². The van der Waals surface area contributed by atoms with Crippen LogP contribution in [0, 0.1) is 0 Å². The lowest BCUT2D eigenvalue weighted by molar-refractivity contribution is 0.103. The Balaban J connectivity index is 2.26. The van der Waals surface area contributed by atoms with Gasteiger partial charge < -0.3 is 4.43 Å². The van der Waals surface area contributed by atoms with Crippen molar-refractivity contribution >= 4 is 18.9 Å². The minimum Gasteiger partial charge on any atom is -0.385 e. The minimum atomic E-state index is -2.16. The summed E-state index contributed by atoms with van der Waals surface area (Å²) in [5.41, 5.74) is -0.0620. The number of halogens is 1. The van der Waals surface area contributed by atoms with Gasteiger partial charge in [-0.1, -0.05) is 6.08 Å². The molecule has 2 aliphatic heterocycles. The fraction of sp³-hybridized carbons (Fsp3) is 0.800. The van der Waals surface area contributed by atoms with Crippen LogP contribution in [-0.4, -0.2) is 30.5 Å². The van der Waals surface area contributed by atoms with Crippen molar-refractivity contribution < 1.29 is 4.43 Å². The summed E-state index contributed by atoms with van der Waals surface area (Å²) in [7, 11) is -2.16. The third-order valence-corrected chi connectivity index (χ3v) is 7.67. The molecule has 0 bridgehead atoms. The number of fused-ring (bicyclic) bond motifs is 1. The van der Waals surface area contributed by atoms with E-state index in [4.69, 9.17) is 15.5 Å². The Morgan fingerprint density at radius 3 is 3.07 bits per heavy atom. The smallest absolute Gasteiger partial charge is 0.378 e. The molecule has 0 radical (unpaired) electrons. The van der Waals surface area contributed by atoms with Gasteiger partial charge in [-0.25, -0.2) is 0 Å². The van der Waals surface area contributed by atoms with E-state index in [1.54, 1.807) is 0 Å². The first-order valence-corrected chi connectivity index (χ1v) is 8.34. The van der Waals surface area contributed by atoms with E-state index in [0.717, 1.165) is 12.6 Å². The van der Waals surface area contributed by atoms with Crippen molar-refractivity contribution in [3.63, 3.8) is 0 Å². The highest BCUT2D eigenvalue weighted by molar-refractivity contribution is 7.15. The molecule has 2 unspecified atom stereocenters. The van der Waals surface area contributed by atoms with E-state index in [1.807, 2.05) is 6.08 Å². The maximum absolute atomic E-state index is 6.63. The van der Waals surface area contributed by atoms with Crippen LogP contribution < -0.4 is 0 Å². The van der Waals surface area contributed by atoms with Gasteiger partial charge in [0.15, 0.2) is 0 Å². The van der Waals surface area contributed by atoms with Crippen molar-refractivity contribution in [2.75, 3.05) is 6.54 Å². The van der Waals surface area contributed by atoms with Crippen LogP contribution in [0.3, 0.4) is 0 Å². The summed E-state index contributed by atoms with van der Waals surface area (Å²) < 4.78 is 8.53. The molecule has 80 valence electrons. The number of hydrogen-bond donors (Lipinski definition) is 0. The zero-order chi connectivity index (χ0) is 10.4. The maximum Gasteiger partial charge on any atom is 0.378 e. The van der Waals surface area contributed by atoms with E-state index >= 15 is 0 Å². The van der Waals surface area contributed by atoms with Gasteiger partial charge in [0, 0.05) is 12.1 Å². The van der Waals surface area contributed by atoms with Crippen molar-refractivity contribution in [3.05, 3.63) is 12.7 Å². The molecule has 2 rings (SSSR count). The third kappa shape index (κ3) is 1.47. The highest BCUT2D eigenvalue weighted by Crippen LogP contribution is 2.45. The molecule has 0 aromatic carbocycles. The summed E-state index contributed by atoms with van der Waals surface area (Å²) >= 11 is 6.63. The third-order valence-electron chi connectivity index (χ3n) is 3.30. The highest BCUT2D eigenvalue weighted by atomic mass is 35.6. The van der Waals surface area contributed by atoms with Gasteiger partial charge in [0.25, 0.3) is 0 Å². The van der Waals surface area contributed by atoms with E-state index in [-0.39, 0.29) is 5.60 Å². The molecule has 0 saturated carbocycles. The van der Waals surface area contributed by atoms with Crippen LogP contribution in [0.5, 0.6) is 0 Å². The van der Waals surface area contributed by atoms with Gasteiger partial charge in [0.1, 0.15) is 0 Å². The van der Waals surface area contributed by atoms with Crippen LogP contribution >= 0.6 is 11.1 Å². The second kappa shape index (κ2) is 3.34. The van der Waals surface area contributed by atoms with E-state index < -0.39 is 7.79 Å². The molecule has 0 aliphatic carbocycles. The molecular weight excluding hydrogens is 214 g/mol. The lowest BCUT2D eigenvalue weighted by atomic mass is 9.98. The largest absolute Gasteiger partial charge is 0.385 e. The Bertz CT molecular complexity index is 259. The molecule has 14 heavy (non-hydrogen) atoms. The molecule has 0 aromatic rings. The predicted molar refractivity (Wildman–Crippen MR) is 61.5 cm³/mol. The Labute approximate surface area is 91.8 Å². The Hall–Kier alpha value is 0.167. The van der Waals surface area contributed by atoms with E-state index in [9.17, 15) is 0 Å². The molecule has 0 aromatic heterocycles. The molecule has 2 atom stereocenters. The normalized spacial score (nSPS) is 41.2. The van der Waals surface area contributed by atoms with Crippen LogP contribution in [0.15, 0.2) is 12.7 Å². The van der Waals surface area contributed by atoms with Crippen LogP contribution in [0.2, 0.25) is 6.04 Å². The first-order chi connectivity index (χ1) is 6.49. The average molecular weight is 232 g/mol. The van der Waals surface area contributed by atoms with Crippen LogP contribution in [0.1, 0.15) is 26.7 Å². The second-order valence-corrected chi connectivity index (χ2v) is 9.08. The summed E-state index contributed by atoms with van der Waals surface area (Å²) in [6.45, 7) is 9.21. The van der Waals surface area contributed by atoms with E-state index in [1.165, 1.54) is 12.8 Å². The second-order valence-electron chi connectivity index (χ2n) is 4.74. The van der Waals surface area contributed by atoms with Crippen molar-refractivity contribution in [2.24, 2.45) is 0 Å². The standard InChI is InChI=1S/C10H18ClNOSi/c1-4-8-14(11)12-7-5-6-9(12)10(2,3)13-14/h4,9H,1,5-8H2,2-3H3. The molecule has 2 nitrogen and oxygen atoms in total. The highest BCUT2D eigenvalue weighted by Gasteiger charge is 2.59. The van der Waals surface area contributed by atoms with Crippen LogP contribution in [-0.2, 0) is 4.43 Å². The van der Waals surface area contributed by atoms with Gasteiger partial charge in [-0.3, -0.25) is 4.57 Å². The van der Waals surface area contributed by atoms with Gasteiger partial charge in [-0.2, -0.15) is 0 Å². The molecule has 2 fully saturated rings. The first kappa shape index (κ1) is 10.7. The monoisotopic (exact) mass is 231 g/mol. The van der Waals surface area contributed by atoms with Gasteiger partial charge in [-0.05, 0) is 33.2 Å². The van der Waals surface area contributed by atoms with Crippen LogP contribution in [0.4, 0.5) is 0 Å². The Morgan fingerprint density at radius 2 is 2.43 bits per heavy atom. The molecule has 0 amide bonds. The topological polar surface area (TPSA) is 12.5 Å². The van der Waals surface area contributed by atoms with Gasteiger partial charge in [0.05, 0.1) is 5.60 Å². The lowest BCUT2D eigenvalue weighted by Gasteiger charge is -2.25. The fourth-order valence-electron chi connectivity index (χ4n) is 2.76. The quantitative estimate of drug-likeness (QED) is 0.412. The van der Waals surface area contributed by atoms with Gasteiger partial charge in [-0.15, -0.1) is 17.7 Å². The SMILES string of the molecule is C=CC[Si]1(Cl)OC(C)(C)C2CCCN21. The maximum atomic E-state index is 6.63. The van der Waals surface area contributed by atoms with E-state index in [2.05, 4.69) is 25.0 Å². The number of nitrogens with zero attached hydrogens (tertiary/aromatic N) is 1. The lowest BCUT2D eigenvalue weighted by Crippen LogP contribution is -2.45.